The lowest BCUT2D eigenvalue weighted by Gasteiger charge is -2.23. The molecule has 0 bridgehead atoms. The molecule has 2 N–H and O–H groups in total. The Morgan fingerprint density at radius 3 is 1.40 bits per heavy atom. The number of aliphatic hydroxyl groups excluding tert-OH is 1. The quantitative estimate of drug-likeness (QED) is 0.107. The van der Waals surface area contributed by atoms with Gasteiger partial charge in [-0.05, 0) is 100 Å². The highest BCUT2D eigenvalue weighted by molar-refractivity contribution is 5.76. The van der Waals surface area contributed by atoms with Crippen molar-refractivity contribution in [3.05, 3.63) is 35.9 Å². The molecule has 0 radical (unpaired) electrons. The van der Waals surface area contributed by atoms with Gasteiger partial charge >= 0.3 is 23.9 Å². The Morgan fingerprint density at radius 1 is 0.660 bits per heavy atom. The number of hydrogen-bond donors (Lipinski definition) is 2. The van der Waals surface area contributed by atoms with Crippen molar-refractivity contribution in [3.63, 3.8) is 0 Å². The molecule has 10 nitrogen and oxygen atoms in total. The molecule has 0 fully saturated rings. The molecule has 0 saturated heterocycles. The molecule has 0 aliphatic heterocycles. The molecule has 0 saturated carbocycles. The zero-order valence-electron chi connectivity index (χ0n) is 31.8. The van der Waals surface area contributed by atoms with E-state index < -0.39 is 28.5 Å². The number of carboxylic acid groups (broad SMARTS) is 1. The fraction of sp³-hybridized carbons (Fsp3) is 0.730. The summed E-state index contributed by atoms with van der Waals surface area (Å²) in [5.41, 5.74) is -0.729. The number of aliphatic carboxylic acids is 1. The van der Waals surface area contributed by atoms with Crippen LogP contribution in [0.1, 0.15) is 128 Å². The molecule has 0 aliphatic carbocycles. The molecular weight excluding hydrogens is 604 g/mol. The number of carbonyl (C=O) groups excluding carboxylic acids is 3. The number of hydrogen-bond acceptors (Lipinski definition) is 9. The molecular formula is C37H66O10. The first-order valence-electron chi connectivity index (χ1n) is 16.6. The van der Waals surface area contributed by atoms with Crippen LogP contribution in [0.2, 0.25) is 0 Å². The molecule has 0 aromatic heterocycles. The highest BCUT2D eigenvalue weighted by atomic mass is 16.7. The summed E-state index contributed by atoms with van der Waals surface area (Å²) in [4.78, 5) is 44.5. The van der Waals surface area contributed by atoms with Gasteiger partial charge in [-0.15, -0.1) is 0 Å². The lowest BCUT2D eigenvalue weighted by Crippen LogP contribution is -2.30. The van der Waals surface area contributed by atoms with Gasteiger partial charge in [-0.1, -0.05) is 58.0 Å². The van der Waals surface area contributed by atoms with Crippen LogP contribution in [0.25, 0.3) is 0 Å². The second-order valence-electron chi connectivity index (χ2n) is 13.6. The maximum Gasteiger partial charge on any atom is 0.313 e. The van der Waals surface area contributed by atoms with Crippen molar-refractivity contribution in [2.24, 2.45) is 21.7 Å². The second-order valence-corrected chi connectivity index (χ2v) is 13.6. The average Bonchev–Trinajstić information content (AvgIpc) is 3.03. The van der Waals surface area contributed by atoms with Crippen molar-refractivity contribution in [1.29, 1.82) is 0 Å². The van der Waals surface area contributed by atoms with Gasteiger partial charge in [0.05, 0.1) is 28.3 Å². The molecule has 0 spiro atoms. The van der Waals surface area contributed by atoms with Gasteiger partial charge in [-0.2, -0.15) is 0 Å². The first kappa shape index (κ1) is 48.4. The zero-order chi connectivity index (χ0) is 37.5. The third-order valence-corrected chi connectivity index (χ3v) is 7.98. The third-order valence-electron chi connectivity index (χ3n) is 7.98. The summed E-state index contributed by atoms with van der Waals surface area (Å²) in [6, 6.07) is 9.72. The maximum atomic E-state index is 11.6. The van der Waals surface area contributed by atoms with Crippen LogP contribution >= 0.6 is 0 Å². The number of ether oxygens (including phenoxy) is 4. The summed E-state index contributed by atoms with van der Waals surface area (Å²) in [7, 11) is 0. The Kier molecular flexibility index (Phi) is 24.9. The number of carboxylic acids is 1. The summed E-state index contributed by atoms with van der Waals surface area (Å²) in [5.74, 6) is -1.29. The van der Waals surface area contributed by atoms with Crippen molar-refractivity contribution in [2.45, 2.75) is 136 Å². The minimum Gasteiger partial charge on any atom is -0.481 e. The summed E-state index contributed by atoms with van der Waals surface area (Å²) >= 11 is 0. The van der Waals surface area contributed by atoms with Gasteiger partial charge in [0.25, 0.3) is 0 Å². The molecule has 10 heteroatoms. The Morgan fingerprint density at radius 2 is 1.06 bits per heavy atom. The lowest BCUT2D eigenvalue weighted by molar-refractivity contribution is -0.184. The number of carbonyl (C=O) groups is 4. The van der Waals surface area contributed by atoms with E-state index in [1.54, 1.807) is 20.8 Å². The van der Waals surface area contributed by atoms with Crippen LogP contribution in [0.5, 0.6) is 0 Å². The third kappa shape index (κ3) is 22.3. The van der Waals surface area contributed by atoms with E-state index in [-0.39, 0.29) is 36.5 Å². The predicted molar refractivity (Wildman–Crippen MR) is 185 cm³/mol. The van der Waals surface area contributed by atoms with Crippen LogP contribution in [0.3, 0.4) is 0 Å². The molecule has 47 heavy (non-hydrogen) atoms. The molecule has 1 rings (SSSR count). The van der Waals surface area contributed by atoms with Crippen LogP contribution in [-0.4, -0.2) is 60.2 Å². The van der Waals surface area contributed by atoms with Gasteiger partial charge in [0.1, 0.15) is 13.2 Å². The summed E-state index contributed by atoms with van der Waals surface area (Å²) in [5, 5.41) is 16.8. The number of esters is 3. The van der Waals surface area contributed by atoms with Crippen molar-refractivity contribution < 1.29 is 48.3 Å². The molecule has 0 heterocycles. The number of benzene rings is 1. The summed E-state index contributed by atoms with van der Waals surface area (Å²) < 4.78 is 20.2. The predicted octanol–water partition coefficient (Wildman–Crippen LogP) is 7.98. The van der Waals surface area contributed by atoms with E-state index in [2.05, 4.69) is 0 Å². The SMILES string of the molecule is CCC(C)(C)C(=O)O.CCC(C)(C)C(=O)OCCO.CCC(C)(C)C(=O)OCc1ccccc1.CCOC(C)OC(=O)C(C)(C)CC. The first-order valence-corrected chi connectivity index (χ1v) is 16.6. The Bertz CT molecular complexity index is 1010. The molecule has 1 unspecified atom stereocenters. The molecule has 1 atom stereocenters. The maximum absolute atomic E-state index is 11.6. The van der Waals surface area contributed by atoms with Gasteiger partial charge in [0.15, 0.2) is 6.29 Å². The van der Waals surface area contributed by atoms with Gasteiger partial charge in [-0.3, -0.25) is 19.2 Å². The van der Waals surface area contributed by atoms with Crippen molar-refractivity contribution in [2.75, 3.05) is 19.8 Å². The number of rotatable bonds is 15. The minimum atomic E-state index is -0.722. The van der Waals surface area contributed by atoms with E-state index in [0.29, 0.717) is 19.6 Å². The molecule has 0 aliphatic rings. The van der Waals surface area contributed by atoms with Gasteiger partial charge in [0.2, 0.25) is 0 Å². The standard InChI is InChI=1S/C13H18O2.C10H20O3.C8H16O3.C6H12O2/c1-4-13(2,3)12(14)15-10-11-8-6-5-7-9-11;1-6-10(4,5)9(11)13-8(3)12-7-2;1-4-8(2,3)7(10)11-6-5-9;1-4-6(2,3)5(7)8/h5-9H,4,10H2,1-3H3;8H,6-7H2,1-5H3;9H,4-6H2,1-3H3;4H2,1-3H3,(H,7,8). The minimum absolute atomic E-state index is 0.0995. The van der Waals surface area contributed by atoms with E-state index in [1.807, 2.05) is 106 Å². The molecule has 274 valence electrons. The smallest absolute Gasteiger partial charge is 0.313 e. The monoisotopic (exact) mass is 670 g/mol. The van der Waals surface area contributed by atoms with Crippen LogP contribution in [0.15, 0.2) is 30.3 Å². The van der Waals surface area contributed by atoms with E-state index in [9.17, 15) is 19.2 Å². The Hall–Kier alpha value is -2.98. The van der Waals surface area contributed by atoms with Gasteiger partial charge in [-0.25, -0.2) is 0 Å². The number of aliphatic hydroxyl groups is 1. The van der Waals surface area contributed by atoms with Crippen LogP contribution in [-0.2, 0) is 44.7 Å². The highest BCUT2D eigenvalue weighted by Gasteiger charge is 2.29. The van der Waals surface area contributed by atoms with E-state index in [1.165, 1.54) is 0 Å². The second kappa shape index (κ2) is 24.2. The van der Waals surface area contributed by atoms with Gasteiger partial charge in [0, 0.05) is 6.61 Å². The topological polar surface area (TPSA) is 146 Å². The first-order chi connectivity index (χ1) is 21.5. The van der Waals surface area contributed by atoms with E-state index in [4.69, 9.17) is 29.2 Å². The summed E-state index contributed by atoms with van der Waals surface area (Å²) in [6.45, 7) is 26.9. The lowest BCUT2D eigenvalue weighted by atomic mass is 9.91. The average molecular weight is 671 g/mol. The highest BCUT2D eigenvalue weighted by Crippen LogP contribution is 2.23. The van der Waals surface area contributed by atoms with Crippen LogP contribution in [0.4, 0.5) is 0 Å². The normalized spacial score (nSPS) is 12.0. The summed E-state index contributed by atoms with van der Waals surface area (Å²) in [6.07, 6.45) is 2.55. The largest absolute Gasteiger partial charge is 0.481 e. The Labute approximate surface area is 284 Å². The fourth-order valence-corrected chi connectivity index (χ4v) is 2.42. The van der Waals surface area contributed by atoms with E-state index >= 15 is 0 Å². The van der Waals surface area contributed by atoms with Crippen molar-refractivity contribution in [1.82, 2.24) is 0 Å². The zero-order valence-corrected chi connectivity index (χ0v) is 31.8. The van der Waals surface area contributed by atoms with Crippen molar-refractivity contribution >= 4 is 23.9 Å². The molecule has 0 amide bonds. The molecule has 1 aromatic rings. The van der Waals surface area contributed by atoms with Crippen LogP contribution < -0.4 is 0 Å². The van der Waals surface area contributed by atoms with Gasteiger partial charge < -0.3 is 29.2 Å². The van der Waals surface area contributed by atoms with E-state index in [0.717, 1.165) is 24.8 Å². The Balaban J connectivity index is -0.000000563. The molecule has 1 aromatic carbocycles. The van der Waals surface area contributed by atoms with Crippen LogP contribution in [0, 0.1) is 21.7 Å². The fourth-order valence-electron chi connectivity index (χ4n) is 2.42. The van der Waals surface area contributed by atoms with Crippen molar-refractivity contribution in [3.8, 4) is 0 Å².